The van der Waals surface area contributed by atoms with Crippen molar-refractivity contribution in [3.8, 4) is 33.8 Å². The van der Waals surface area contributed by atoms with E-state index in [1.54, 1.807) is 24.0 Å². The van der Waals surface area contributed by atoms with Crippen molar-refractivity contribution in [1.82, 2.24) is 19.4 Å². The zero-order valence-corrected chi connectivity index (χ0v) is 24.4. The molecule has 4 aromatic heterocycles. The Morgan fingerprint density at radius 2 is 1.81 bits per heavy atom. The van der Waals surface area contributed by atoms with Crippen LogP contribution in [0.25, 0.3) is 54.9 Å². The molecule has 1 aliphatic rings. The fourth-order valence-electron chi connectivity index (χ4n) is 5.50. The van der Waals surface area contributed by atoms with Crippen LogP contribution in [0.5, 0.6) is 0 Å². The Kier molecular flexibility index (Phi) is 6.76. The fraction of sp³-hybridized carbons (Fsp3) is 0.152. The number of rotatable bonds is 6. The lowest BCUT2D eigenvalue weighted by Gasteiger charge is -2.18. The summed E-state index contributed by atoms with van der Waals surface area (Å²) in [7, 11) is 0. The lowest BCUT2D eigenvalue weighted by Crippen LogP contribution is -2.31. The van der Waals surface area contributed by atoms with Gasteiger partial charge in [-0.25, -0.2) is 9.78 Å². The van der Waals surface area contributed by atoms with E-state index in [1.165, 1.54) is 11.3 Å². The Morgan fingerprint density at radius 3 is 2.57 bits per heavy atom. The minimum absolute atomic E-state index is 0.0265. The van der Waals surface area contributed by atoms with E-state index in [0.717, 1.165) is 72.8 Å². The molecule has 5 heterocycles. The molecule has 0 aliphatic carbocycles. The molecule has 1 N–H and O–H groups in total. The molecule has 208 valence electrons. The summed E-state index contributed by atoms with van der Waals surface area (Å²) in [4.78, 5) is 37.0. The highest BCUT2D eigenvalue weighted by molar-refractivity contribution is 7.99. The minimum atomic E-state index is -0.971. The van der Waals surface area contributed by atoms with Crippen molar-refractivity contribution < 1.29 is 14.7 Å². The van der Waals surface area contributed by atoms with Crippen LogP contribution in [-0.4, -0.2) is 54.6 Å². The number of aryl methyl sites for hydroxylation is 1. The number of nitrogens with zero attached hydrogens (tertiary/aromatic N) is 4. The van der Waals surface area contributed by atoms with Crippen LogP contribution in [-0.2, 0) is 11.3 Å². The molecule has 2 aromatic carbocycles. The quantitative estimate of drug-likeness (QED) is 0.221. The highest BCUT2D eigenvalue weighted by atomic mass is 32.2. The number of thioether (sulfide) groups is 1. The zero-order chi connectivity index (χ0) is 28.8. The summed E-state index contributed by atoms with van der Waals surface area (Å²) in [5, 5.41) is 10.8. The van der Waals surface area contributed by atoms with Gasteiger partial charge in [-0.2, -0.15) is 0 Å². The van der Waals surface area contributed by atoms with Gasteiger partial charge in [0.1, 0.15) is 11.4 Å². The monoisotopic (exact) mass is 590 g/mol. The number of carbonyl (C=O) groups is 2. The first-order chi connectivity index (χ1) is 20.5. The van der Waals surface area contributed by atoms with E-state index in [1.807, 2.05) is 77.1 Å². The number of benzene rings is 2. The maximum Gasteiger partial charge on any atom is 0.345 e. The van der Waals surface area contributed by atoms with E-state index < -0.39 is 5.97 Å². The van der Waals surface area contributed by atoms with Crippen molar-refractivity contribution in [3.63, 3.8) is 0 Å². The molecule has 6 aromatic rings. The van der Waals surface area contributed by atoms with Gasteiger partial charge >= 0.3 is 5.97 Å². The van der Waals surface area contributed by atoms with Crippen LogP contribution in [0.15, 0.2) is 85.1 Å². The summed E-state index contributed by atoms with van der Waals surface area (Å²) in [6, 6.07) is 25.9. The number of fused-ring (bicyclic) bond motifs is 2. The van der Waals surface area contributed by atoms with Gasteiger partial charge in [-0.15, -0.1) is 23.1 Å². The molecular formula is C33H26N4O3S2. The van der Waals surface area contributed by atoms with E-state index in [4.69, 9.17) is 4.98 Å². The largest absolute Gasteiger partial charge is 0.477 e. The number of carboxylic acid groups (broad SMARTS) is 1. The van der Waals surface area contributed by atoms with Crippen LogP contribution in [0.3, 0.4) is 0 Å². The van der Waals surface area contributed by atoms with Crippen molar-refractivity contribution in [2.75, 3.05) is 18.2 Å². The second-order valence-corrected chi connectivity index (χ2v) is 12.4. The van der Waals surface area contributed by atoms with Crippen LogP contribution < -0.4 is 0 Å². The number of amides is 1. The van der Waals surface area contributed by atoms with Gasteiger partial charge in [0.2, 0.25) is 5.91 Å². The standard InChI is InChI=1S/C33H26N4O3S2/c1-20-11-12-34-26(15-20)25-10-7-22-16-23(8-9-24(22)35-25)31-30(21-5-3-2-4-6-21)32-27(17-28(42-32)33(39)40)37(31)18-29(38)36-13-14-41-19-36/h2-12,15-17H,13-14,18-19H2,1H3,(H,39,40). The maximum atomic E-state index is 13.5. The van der Waals surface area contributed by atoms with Gasteiger partial charge in [0.15, 0.2) is 0 Å². The normalized spacial score (nSPS) is 13.3. The summed E-state index contributed by atoms with van der Waals surface area (Å²) >= 11 is 3.00. The van der Waals surface area contributed by atoms with Crippen molar-refractivity contribution >= 4 is 56.1 Å². The molecule has 1 fully saturated rings. The van der Waals surface area contributed by atoms with Crippen LogP contribution >= 0.6 is 23.1 Å². The van der Waals surface area contributed by atoms with E-state index >= 15 is 0 Å². The molecule has 7 rings (SSSR count). The van der Waals surface area contributed by atoms with Gasteiger partial charge < -0.3 is 14.6 Å². The summed E-state index contributed by atoms with van der Waals surface area (Å²) in [5.74, 6) is 0.655. The van der Waals surface area contributed by atoms with Gasteiger partial charge in [-0.3, -0.25) is 9.78 Å². The Hall–Kier alpha value is -4.47. The van der Waals surface area contributed by atoms with Gasteiger partial charge in [-0.1, -0.05) is 42.5 Å². The first-order valence-corrected chi connectivity index (χ1v) is 15.6. The summed E-state index contributed by atoms with van der Waals surface area (Å²) in [6.07, 6.45) is 1.79. The van der Waals surface area contributed by atoms with Gasteiger partial charge in [0.25, 0.3) is 0 Å². The predicted molar refractivity (Wildman–Crippen MR) is 170 cm³/mol. The number of thiophene rings is 1. The van der Waals surface area contributed by atoms with Crippen LogP contribution in [0, 0.1) is 6.92 Å². The first-order valence-electron chi connectivity index (χ1n) is 13.6. The Balaban J connectivity index is 1.43. The van der Waals surface area contributed by atoms with Crippen molar-refractivity contribution in [3.05, 3.63) is 95.5 Å². The number of aromatic carboxylic acids is 1. The molecule has 7 nitrogen and oxygen atoms in total. The number of aromatic nitrogens is 3. The number of carboxylic acids is 1. The smallest absolute Gasteiger partial charge is 0.345 e. The SMILES string of the molecule is Cc1ccnc(-c2ccc3cc(-c4c(-c5ccccc5)c5sc(C(=O)O)cc5n4CC(=O)N4CCSC4)ccc3n2)c1. The topological polar surface area (TPSA) is 88.3 Å². The van der Waals surface area contributed by atoms with Gasteiger partial charge in [0.05, 0.1) is 38.7 Å². The molecule has 1 aliphatic heterocycles. The molecule has 0 bridgehead atoms. The molecular weight excluding hydrogens is 565 g/mol. The van der Waals surface area contributed by atoms with Crippen molar-refractivity contribution in [2.24, 2.45) is 0 Å². The molecule has 1 amide bonds. The fourth-order valence-corrected chi connectivity index (χ4v) is 7.54. The van der Waals surface area contributed by atoms with Crippen LogP contribution in [0.2, 0.25) is 0 Å². The molecule has 0 saturated carbocycles. The number of carbonyl (C=O) groups excluding carboxylic acids is 1. The van der Waals surface area contributed by atoms with E-state index in [-0.39, 0.29) is 17.3 Å². The number of pyridine rings is 2. The minimum Gasteiger partial charge on any atom is -0.477 e. The van der Waals surface area contributed by atoms with Gasteiger partial charge in [0, 0.05) is 29.4 Å². The van der Waals surface area contributed by atoms with E-state index in [2.05, 4.69) is 17.1 Å². The second kappa shape index (κ2) is 10.7. The van der Waals surface area contributed by atoms with Crippen molar-refractivity contribution in [2.45, 2.75) is 13.5 Å². The lowest BCUT2D eigenvalue weighted by molar-refractivity contribution is -0.130. The summed E-state index contributed by atoms with van der Waals surface area (Å²) in [5.41, 5.74) is 8.10. The van der Waals surface area contributed by atoms with E-state index in [9.17, 15) is 14.7 Å². The Morgan fingerprint density at radius 1 is 0.952 bits per heavy atom. The molecule has 0 atom stereocenters. The molecule has 0 radical (unpaired) electrons. The highest BCUT2D eigenvalue weighted by Crippen LogP contribution is 2.45. The number of hydrogen-bond acceptors (Lipinski definition) is 6. The molecule has 9 heteroatoms. The van der Waals surface area contributed by atoms with Crippen LogP contribution in [0.4, 0.5) is 0 Å². The Labute approximate surface area is 250 Å². The zero-order valence-electron chi connectivity index (χ0n) is 22.8. The third-order valence-electron chi connectivity index (χ3n) is 7.55. The molecule has 0 spiro atoms. The average Bonchev–Trinajstić information content (AvgIpc) is 3.75. The summed E-state index contributed by atoms with van der Waals surface area (Å²) < 4.78 is 2.86. The lowest BCUT2D eigenvalue weighted by atomic mass is 9.99. The molecule has 42 heavy (non-hydrogen) atoms. The number of hydrogen-bond donors (Lipinski definition) is 1. The van der Waals surface area contributed by atoms with Crippen molar-refractivity contribution in [1.29, 1.82) is 0 Å². The molecule has 0 unspecified atom stereocenters. The third kappa shape index (κ3) is 4.74. The summed E-state index contributed by atoms with van der Waals surface area (Å²) in [6.45, 7) is 2.89. The maximum absolute atomic E-state index is 13.5. The van der Waals surface area contributed by atoms with Crippen LogP contribution in [0.1, 0.15) is 15.2 Å². The first kappa shape index (κ1) is 26.4. The van der Waals surface area contributed by atoms with Gasteiger partial charge in [-0.05, 0) is 60.0 Å². The Bertz CT molecular complexity index is 1990. The second-order valence-electron chi connectivity index (χ2n) is 10.3. The average molecular weight is 591 g/mol. The highest BCUT2D eigenvalue weighted by Gasteiger charge is 2.27. The predicted octanol–water partition coefficient (Wildman–Crippen LogP) is 7.19. The van der Waals surface area contributed by atoms with E-state index in [0.29, 0.717) is 5.88 Å². The third-order valence-corrected chi connectivity index (χ3v) is 9.64. The molecule has 1 saturated heterocycles.